The van der Waals surface area contributed by atoms with Crippen molar-refractivity contribution in [2.24, 2.45) is 11.7 Å². The molecule has 21 heavy (non-hydrogen) atoms. The summed E-state index contributed by atoms with van der Waals surface area (Å²) in [6.07, 6.45) is 0. The zero-order chi connectivity index (χ0) is 16.0. The van der Waals surface area contributed by atoms with Gasteiger partial charge in [0.1, 0.15) is 6.04 Å². The summed E-state index contributed by atoms with van der Waals surface area (Å²) < 4.78 is 5.37. The number of esters is 1. The molecule has 114 valence electrons. The topological polar surface area (TPSA) is 98.5 Å². The van der Waals surface area contributed by atoms with Gasteiger partial charge in [-0.05, 0) is 34.0 Å². The molecule has 1 rings (SSSR count). The molecule has 1 atom stereocenters. The minimum atomic E-state index is -0.857. The summed E-state index contributed by atoms with van der Waals surface area (Å²) in [5.41, 5.74) is 5.33. The van der Waals surface area contributed by atoms with E-state index in [1.165, 1.54) is 0 Å². The number of benzene rings is 1. The summed E-state index contributed by atoms with van der Waals surface area (Å²) in [6, 6.07) is 6.00. The standard InChI is InChI=1S/C14H17BrN2O4/c1-8(2)12(14(20)21-7-11(16)18)17-13(19)9-5-3-4-6-10(9)15/h3-6,8,12H,7H2,1-2H3,(H2,16,18)(H,17,19)/t12-/m0/s1. The second kappa shape index (κ2) is 7.78. The van der Waals surface area contributed by atoms with Crippen molar-refractivity contribution >= 4 is 33.7 Å². The van der Waals surface area contributed by atoms with Crippen molar-refractivity contribution in [2.45, 2.75) is 19.9 Å². The maximum absolute atomic E-state index is 12.2. The first kappa shape index (κ1) is 17.2. The van der Waals surface area contributed by atoms with Crippen molar-refractivity contribution in [3.05, 3.63) is 34.3 Å². The number of ether oxygens (including phenoxy) is 1. The van der Waals surface area contributed by atoms with E-state index < -0.39 is 30.4 Å². The molecule has 1 aromatic rings. The molecule has 0 bridgehead atoms. The van der Waals surface area contributed by atoms with Crippen LogP contribution in [0.1, 0.15) is 24.2 Å². The lowest BCUT2D eigenvalue weighted by Gasteiger charge is -2.20. The van der Waals surface area contributed by atoms with Crippen molar-refractivity contribution in [1.82, 2.24) is 5.32 Å². The lowest BCUT2D eigenvalue weighted by atomic mass is 10.0. The van der Waals surface area contributed by atoms with Gasteiger partial charge in [-0.25, -0.2) is 4.79 Å². The van der Waals surface area contributed by atoms with Gasteiger partial charge < -0.3 is 15.8 Å². The van der Waals surface area contributed by atoms with Crippen molar-refractivity contribution in [3.8, 4) is 0 Å². The number of rotatable bonds is 6. The highest BCUT2D eigenvalue weighted by molar-refractivity contribution is 9.10. The molecule has 0 fully saturated rings. The fourth-order valence-corrected chi connectivity index (χ4v) is 2.06. The van der Waals surface area contributed by atoms with E-state index in [9.17, 15) is 14.4 Å². The minimum Gasteiger partial charge on any atom is -0.454 e. The Morgan fingerprint density at radius 2 is 1.90 bits per heavy atom. The molecule has 0 unspecified atom stereocenters. The first-order chi connectivity index (χ1) is 9.82. The van der Waals surface area contributed by atoms with Gasteiger partial charge in [-0.2, -0.15) is 0 Å². The molecule has 0 saturated carbocycles. The summed E-state index contributed by atoms with van der Waals surface area (Å²) in [5, 5.41) is 2.60. The van der Waals surface area contributed by atoms with Gasteiger partial charge in [0.05, 0.1) is 5.56 Å². The molecule has 6 nitrogen and oxygen atoms in total. The van der Waals surface area contributed by atoms with Crippen LogP contribution in [-0.4, -0.2) is 30.4 Å². The average Bonchev–Trinajstić information content (AvgIpc) is 2.42. The Kier molecular flexibility index (Phi) is 6.36. The zero-order valence-corrected chi connectivity index (χ0v) is 13.3. The van der Waals surface area contributed by atoms with E-state index in [1.807, 2.05) is 0 Å². The van der Waals surface area contributed by atoms with E-state index in [4.69, 9.17) is 10.5 Å². The van der Waals surface area contributed by atoms with Gasteiger partial charge in [0, 0.05) is 4.47 Å². The number of amides is 2. The average molecular weight is 357 g/mol. The summed E-state index contributed by atoms with van der Waals surface area (Å²) in [5.74, 6) is -2.04. The van der Waals surface area contributed by atoms with Crippen LogP contribution in [0, 0.1) is 5.92 Å². The normalized spacial score (nSPS) is 11.8. The quantitative estimate of drug-likeness (QED) is 0.748. The SMILES string of the molecule is CC(C)[C@H](NC(=O)c1ccccc1Br)C(=O)OCC(N)=O. The maximum Gasteiger partial charge on any atom is 0.329 e. The molecular weight excluding hydrogens is 340 g/mol. The Morgan fingerprint density at radius 1 is 1.29 bits per heavy atom. The molecule has 0 aliphatic rings. The van der Waals surface area contributed by atoms with Crippen LogP contribution in [0.15, 0.2) is 28.7 Å². The molecule has 0 aliphatic heterocycles. The van der Waals surface area contributed by atoms with Gasteiger partial charge in [0.2, 0.25) is 0 Å². The zero-order valence-electron chi connectivity index (χ0n) is 11.8. The lowest BCUT2D eigenvalue weighted by molar-refractivity contribution is -0.150. The van der Waals surface area contributed by atoms with Crippen LogP contribution in [-0.2, 0) is 14.3 Å². The predicted molar refractivity (Wildman–Crippen MR) is 80.4 cm³/mol. The third-order valence-electron chi connectivity index (χ3n) is 2.68. The number of hydrogen-bond donors (Lipinski definition) is 2. The van der Waals surface area contributed by atoms with Crippen molar-refractivity contribution in [1.29, 1.82) is 0 Å². The number of nitrogens with one attached hydrogen (secondary N) is 1. The molecule has 0 aliphatic carbocycles. The van der Waals surface area contributed by atoms with Crippen LogP contribution < -0.4 is 11.1 Å². The molecule has 0 saturated heterocycles. The molecule has 0 spiro atoms. The van der Waals surface area contributed by atoms with Crippen LogP contribution in [0.5, 0.6) is 0 Å². The molecule has 0 radical (unpaired) electrons. The van der Waals surface area contributed by atoms with Gasteiger partial charge in [-0.3, -0.25) is 9.59 Å². The molecule has 2 amide bonds. The summed E-state index contributed by atoms with van der Waals surface area (Å²) >= 11 is 3.27. The van der Waals surface area contributed by atoms with Crippen LogP contribution in [0.4, 0.5) is 0 Å². The number of halogens is 1. The third kappa shape index (κ3) is 5.18. The number of nitrogens with two attached hydrogens (primary N) is 1. The van der Waals surface area contributed by atoms with E-state index >= 15 is 0 Å². The third-order valence-corrected chi connectivity index (χ3v) is 3.37. The molecular formula is C14H17BrN2O4. The monoisotopic (exact) mass is 356 g/mol. The van der Waals surface area contributed by atoms with Gasteiger partial charge >= 0.3 is 5.97 Å². The van der Waals surface area contributed by atoms with E-state index in [0.29, 0.717) is 10.0 Å². The minimum absolute atomic E-state index is 0.197. The van der Waals surface area contributed by atoms with E-state index in [-0.39, 0.29) is 5.92 Å². The second-order valence-electron chi connectivity index (χ2n) is 4.75. The van der Waals surface area contributed by atoms with Crippen molar-refractivity contribution < 1.29 is 19.1 Å². The number of hydrogen-bond acceptors (Lipinski definition) is 4. The molecule has 0 heterocycles. The first-order valence-electron chi connectivity index (χ1n) is 6.33. The number of carbonyl (C=O) groups excluding carboxylic acids is 3. The molecule has 7 heteroatoms. The summed E-state index contributed by atoms with van der Waals surface area (Å²) in [4.78, 5) is 34.7. The van der Waals surface area contributed by atoms with Gasteiger partial charge in [-0.1, -0.05) is 26.0 Å². The van der Waals surface area contributed by atoms with Crippen molar-refractivity contribution in [3.63, 3.8) is 0 Å². The Bertz CT molecular complexity index is 546. The largest absolute Gasteiger partial charge is 0.454 e. The van der Waals surface area contributed by atoms with Crippen molar-refractivity contribution in [2.75, 3.05) is 6.61 Å². The Labute approximate surface area is 131 Å². The second-order valence-corrected chi connectivity index (χ2v) is 5.60. The fourth-order valence-electron chi connectivity index (χ4n) is 1.59. The van der Waals surface area contributed by atoms with Gasteiger partial charge in [0.25, 0.3) is 11.8 Å². The predicted octanol–water partition coefficient (Wildman–Crippen LogP) is 1.23. The van der Waals surface area contributed by atoms with E-state index in [1.54, 1.807) is 38.1 Å². The first-order valence-corrected chi connectivity index (χ1v) is 7.12. The highest BCUT2D eigenvalue weighted by atomic mass is 79.9. The molecule has 0 aromatic heterocycles. The van der Waals surface area contributed by atoms with E-state index in [0.717, 1.165) is 0 Å². The highest BCUT2D eigenvalue weighted by Gasteiger charge is 2.27. The molecule has 1 aromatic carbocycles. The Balaban J connectivity index is 2.79. The Hall–Kier alpha value is -1.89. The van der Waals surface area contributed by atoms with Gasteiger partial charge in [0.15, 0.2) is 6.61 Å². The number of carbonyl (C=O) groups is 3. The maximum atomic E-state index is 12.2. The van der Waals surface area contributed by atoms with Crippen LogP contribution in [0.3, 0.4) is 0 Å². The van der Waals surface area contributed by atoms with Gasteiger partial charge in [-0.15, -0.1) is 0 Å². The lowest BCUT2D eigenvalue weighted by Crippen LogP contribution is -2.46. The molecule has 3 N–H and O–H groups in total. The smallest absolute Gasteiger partial charge is 0.329 e. The van der Waals surface area contributed by atoms with Crippen LogP contribution in [0.2, 0.25) is 0 Å². The number of primary amides is 1. The van der Waals surface area contributed by atoms with Crippen LogP contribution >= 0.6 is 15.9 Å². The Morgan fingerprint density at radius 3 is 2.43 bits per heavy atom. The highest BCUT2D eigenvalue weighted by Crippen LogP contribution is 2.16. The fraction of sp³-hybridized carbons (Fsp3) is 0.357. The van der Waals surface area contributed by atoms with E-state index in [2.05, 4.69) is 21.2 Å². The summed E-state index contributed by atoms with van der Waals surface area (Å²) in [7, 11) is 0. The summed E-state index contributed by atoms with van der Waals surface area (Å²) in [6.45, 7) is 3.01. The van der Waals surface area contributed by atoms with Crippen LogP contribution in [0.25, 0.3) is 0 Å².